The van der Waals surface area contributed by atoms with E-state index in [0.29, 0.717) is 6.54 Å². The first-order valence-corrected chi connectivity index (χ1v) is 9.38. The minimum Gasteiger partial charge on any atom is -0.444 e. The summed E-state index contributed by atoms with van der Waals surface area (Å²) in [6, 6.07) is 6.16. The van der Waals surface area contributed by atoms with Gasteiger partial charge in [0.2, 0.25) is 0 Å². The molecule has 2 amide bonds. The molecule has 0 aromatic heterocycles. The molecule has 1 aliphatic heterocycles. The number of fused-ring (bicyclic) bond motifs is 1. The quantitative estimate of drug-likeness (QED) is 0.866. The van der Waals surface area contributed by atoms with Crippen molar-refractivity contribution in [3.8, 4) is 0 Å². The van der Waals surface area contributed by atoms with Gasteiger partial charge in [0, 0.05) is 36.9 Å². The zero-order valence-electron chi connectivity index (χ0n) is 16.1. The molecule has 1 aromatic rings. The molecular weight excluding hydrogens is 330 g/mol. The van der Waals surface area contributed by atoms with Crippen LogP contribution < -0.4 is 10.6 Å². The van der Waals surface area contributed by atoms with Crippen molar-refractivity contribution in [3.05, 3.63) is 29.3 Å². The Morgan fingerprint density at radius 1 is 1.27 bits per heavy atom. The lowest BCUT2D eigenvalue weighted by Crippen LogP contribution is -2.47. The summed E-state index contributed by atoms with van der Waals surface area (Å²) in [6.45, 7) is 6.23. The van der Waals surface area contributed by atoms with E-state index in [2.05, 4.69) is 10.6 Å². The van der Waals surface area contributed by atoms with Crippen LogP contribution in [0.3, 0.4) is 0 Å². The van der Waals surface area contributed by atoms with Gasteiger partial charge in [-0.15, -0.1) is 0 Å². The maximum Gasteiger partial charge on any atom is 0.407 e. The van der Waals surface area contributed by atoms with Crippen LogP contribution in [0, 0.1) is 0 Å². The van der Waals surface area contributed by atoms with Gasteiger partial charge in [-0.2, -0.15) is 0 Å². The number of hydrogen-bond donors (Lipinski definition) is 2. The van der Waals surface area contributed by atoms with Crippen molar-refractivity contribution in [2.45, 2.75) is 70.7 Å². The van der Waals surface area contributed by atoms with E-state index in [1.165, 1.54) is 0 Å². The first kappa shape index (κ1) is 18.5. The van der Waals surface area contributed by atoms with E-state index in [4.69, 9.17) is 4.74 Å². The normalized spacial score (nSPS) is 22.8. The van der Waals surface area contributed by atoms with Crippen molar-refractivity contribution in [2.24, 2.45) is 0 Å². The highest BCUT2D eigenvalue weighted by atomic mass is 16.6. The fourth-order valence-corrected chi connectivity index (χ4v) is 3.83. The Labute approximate surface area is 155 Å². The van der Waals surface area contributed by atoms with Gasteiger partial charge < -0.3 is 20.3 Å². The number of benzene rings is 1. The Hall–Kier alpha value is -2.24. The monoisotopic (exact) mass is 359 g/mol. The summed E-state index contributed by atoms with van der Waals surface area (Å²) >= 11 is 0. The molecule has 1 aromatic carbocycles. The number of amides is 2. The average molecular weight is 359 g/mol. The first-order chi connectivity index (χ1) is 12.3. The molecule has 2 N–H and O–H groups in total. The van der Waals surface area contributed by atoms with Gasteiger partial charge in [0.15, 0.2) is 0 Å². The third-order valence-electron chi connectivity index (χ3n) is 5.04. The zero-order chi connectivity index (χ0) is 18.9. The second-order valence-corrected chi connectivity index (χ2v) is 8.22. The van der Waals surface area contributed by atoms with E-state index in [1.54, 1.807) is 0 Å². The van der Waals surface area contributed by atoms with E-state index >= 15 is 0 Å². The van der Waals surface area contributed by atoms with Gasteiger partial charge in [0.1, 0.15) is 5.60 Å². The maximum atomic E-state index is 12.9. The lowest BCUT2D eigenvalue weighted by atomic mass is 9.90. The van der Waals surface area contributed by atoms with Gasteiger partial charge in [-0.3, -0.25) is 4.79 Å². The predicted molar refractivity (Wildman–Crippen MR) is 101 cm³/mol. The molecule has 6 nitrogen and oxygen atoms in total. The van der Waals surface area contributed by atoms with Crippen molar-refractivity contribution in [2.75, 3.05) is 12.4 Å². The van der Waals surface area contributed by atoms with Crippen molar-refractivity contribution in [1.29, 1.82) is 0 Å². The molecular formula is C20H29N3O3. The topological polar surface area (TPSA) is 70.7 Å². The molecule has 2 atom stereocenters. The highest BCUT2D eigenvalue weighted by Crippen LogP contribution is 2.32. The predicted octanol–water partition coefficient (Wildman–Crippen LogP) is 3.52. The number of hydrogen-bond acceptors (Lipinski definition) is 4. The Bertz CT molecular complexity index is 696. The summed E-state index contributed by atoms with van der Waals surface area (Å²) in [5.41, 5.74) is 2.32. The number of ether oxygens (including phenoxy) is 1. The van der Waals surface area contributed by atoms with Crippen LogP contribution in [0.25, 0.3) is 0 Å². The molecule has 0 bridgehead atoms. The van der Waals surface area contributed by atoms with Crippen molar-refractivity contribution in [1.82, 2.24) is 10.2 Å². The van der Waals surface area contributed by atoms with Crippen LogP contribution in [-0.2, 0) is 11.3 Å². The van der Waals surface area contributed by atoms with Gasteiger partial charge in [-0.1, -0.05) is 6.07 Å². The summed E-state index contributed by atoms with van der Waals surface area (Å²) in [5, 5.41) is 6.06. The molecule has 6 heteroatoms. The van der Waals surface area contributed by atoms with Crippen molar-refractivity contribution < 1.29 is 14.3 Å². The molecule has 26 heavy (non-hydrogen) atoms. The van der Waals surface area contributed by atoms with Crippen LogP contribution >= 0.6 is 0 Å². The Balaban J connectivity index is 1.63. The second-order valence-electron chi connectivity index (χ2n) is 8.22. The summed E-state index contributed by atoms with van der Waals surface area (Å²) in [4.78, 5) is 26.9. The molecule has 2 aliphatic rings. The summed E-state index contributed by atoms with van der Waals surface area (Å²) < 4.78 is 5.36. The third-order valence-corrected chi connectivity index (χ3v) is 5.04. The molecule has 0 unspecified atom stereocenters. The second kappa shape index (κ2) is 7.17. The Kier molecular flexibility index (Phi) is 5.12. The lowest BCUT2D eigenvalue weighted by Gasteiger charge is -2.35. The van der Waals surface area contributed by atoms with Crippen molar-refractivity contribution >= 4 is 17.7 Å². The number of nitrogens with zero attached hydrogens (tertiary/aromatic N) is 1. The highest BCUT2D eigenvalue weighted by molar-refractivity contribution is 5.99. The molecule has 142 valence electrons. The number of rotatable bonds is 3. The summed E-state index contributed by atoms with van der Waals surface area (Å²) in [6.07, 6.45) is 3.29. The number of carbonyl (C=O) groups excluding carboxylic acids is 2. The standard InChI is InChI=1S/C20H29N3O3/c1-20(2,3)26-19(25)22-15-6-5-7-16(10-15)23-12-13-8-9-14(21-4)11-17(13)18(23)24/h8-9,11,15-16,21H,5-7,10,12H2,1-4H3,(H,22,25)/t15-,16+/m1/s1. The maximum absolute atomic E-state index is 12.9. The molecule has 1 saturated carbocycles. The van der Waals surface area contributed by atoms with E-state index in [1.807, 2.05) is 50.9 Å². The molecule has 1 heterocycles. The van der Waals surface area contributed by atoms with E-state index < -0.39 is 5.60 Å². The summed E-state index contributed by atoms with van der Waals surface area (Å²) in [5.74, 6) is 0.0972. The fourth-order valence-electron chi connectivity index (χ4n) is 3.83. The van der Waals surface area contributed by atoms with Gasteiger partial charge in [-0.25, -0.2) is 4.79 Å². The van der Waals surface area contributed by atoms with Crippen LogP contribution in [0.5, 0.6) is 0 Å². The van der Waals surface area contributed by atoms with Crippen LogP contribution in [0.1, 0.15) is 62.4 Å². The van der Waals surface area contributed by atoms with Gasteiger partial charge in [0.25, 0.3) is 5.91 Å². The molecule has 1 fully saturated rings. The largest absolute Gasteiger partial charge is 0.444 e. The minimum absolute atomic E-state index is 0.0491. The molecule has 1 aliphatic carbocycles. The van der Waals surface area contributed by atoms with Gasteiger partial charge >= 0.3 is 6.09 Å². The SMILES string of the molecule is CNc1ccc2c(c1)C(=O)N([C@H]1CCC[C@@H](NC(=O)OC(C)(C)C)C1)C2. The van der Waals surface area contributed by atoms with Gasteiger partial charge in [0.05, 0.1) is 0 Å². The molecule has 0 radical (unpaired) electrons. The van der Waals surface area contributed by atoms with Gasteiger partial charge in [-0.05, 0) is 64.2 Å². The minimum atomic E-state index is -0.504. The number of alkyl carbamates (subject to hydrolysis) is 1. The van der Waals surface area contributed by atoms with E-state index in [0.717, 1.165) is 42.5 Å². The first-order valence-electron chi connectivity index (χ1n) is 9.38. The highest BCUT2D eigenvalue weighted by Gasteiger charge is 2.36. The number of nitrogens with one attached hydrogen (secondary N) is 2. The molecule has 0 spiro atoms. The zero-order valence-corrected chi connectivity index (χ0v) is 16.1. The Morgan fingerprint density at radius 3 is 2.73 bits per heavy atom. The average Bonchev–Trinajstić information content (AvgIpc) is 2.89. The van der Waals surface area contributed by atoms with Crippen molar-refractivity contribution in [3.63, 3.8) is 0 Å². The fraction of sp³-hybridized carbons (Fsp3) is 0.600. The van der Waals surface area contributed by atoms with E-state index in [9.17, 15) is 9.59 Å². The summed E-state index contributed by atoms with van der Waals surface area (Å²) in [7, 11) is 1.85. The number of anilines is 1. The van der Waals surface area contributed by atoms with Crippen LogP contribution in [-0.4, -0.2) is 41.6 Å². The van der Waals surface area contributed by atoms with Crippen LogP contribution in [0.2, 0.25) is 0 Å². The van der Waals surface area contributed by atoms with Crippen LogP contribution in [0.15, 0.2) is 18.2 Å². The van der Waals surface area contributed by atoms with Crippen LogP contribution in [0.4, 0.5) is 10.5 Å². The smallest absolute Gasteiger partial charge is 0.407 e. The van der Waals surface area contributed by atoms with E-state index in [-0.39, 0.29) is 24.1 Å². The molecule has 0 saturated heterocycles. The number of carbonyl (C=O) groups is 2. The molecule has 3 rings (SSSR count). The Morgan fingerprint density at radius 2 is 2.04 bits per heavy atom. The lowest BCUT2D eigenvalue weighted by molar-refractivity contribution is 0.0461. The third kappa shape index (κ3) is 4.11.